The summed E-state index contributed by atoms with van der Waals surface area (Å²) in [5, 5.41) is 10.7. The maximum Gasteiger partial charge on any atom is 0.409 e. The molecule has 5 heterocycles. The minimum Gasteiger partial charge on any atom is -0.495 e. The van der Waals surface area contributed by atoms with Gasteiger partial charge in [-0.25, -0.2) is 9.59 Å². The molecule has 9 heteroatoms. The Hall–Kier alpha value is -3.07. The third-order valence-electron chi connectivity index (χ3n) is 7.96. The highest BCUT2D eigenvalue weighted by molar-refractivity contribution is 8.12. The lowest BCUT2D eigenvalue weighted by atomic mass is 9.82. The Morgan fingerprint density at radius 2 is 1.97 bits per heavy atom. The number of ether oxygens (including phenoxy) is 3. The molecule has 1 atom stereocenters. The van der Waals surface area contributed by atoms with Gasteiger partial charge >= 0.3 is 12.1 Å². The summed E-state index contributed by atoms with van der Waals surface area (Å²) in [6, 6.07) is 4.15. The number of fused-ring (bicyclic) bond motifs is 4. The van der Waals surface area contributed by atoms with Crippen LogP contribution in [-0.4, -0.2) is 59.4 Å². The first kappa shape index (κ1) is 24.3. The van der Waals surface area contributed by atoms with E-state index in [1.807, 2.05) is 12.3 Å². The Morgan fingerprint density at radius 1 is 1.14 bits per heavy atom. The molecule has 0 radical (unpaired) electrons. The summed E-state index contributed by atoms with van der Waals surface area (Å²) in [5.41, 5.74) is 4.63. The van der Waals surface area contributed by atoms with Gasteiger partial charge in [-0.1, -0.05) is 37.1 Å². The lowest BCUT2D eigenvalue weighted by Crippen LogP contribution is -2.44. The zero-order valence-electron chi connectivity index (χ0n) is 21.0. The summed E-state index contributed by atoms with van der Waals surface area (Å²) in [6.07, 6.45) is 11.4. The first-order valence-electron chi connectivity index (χ1n) is 13.2. The number of carboxylic acids is 1. The van der Waals surface area contributed by atoms with Crippen LogP contribution in [0.3, 0.4) is 0 Å². The number of aliphatic carboxylic acids is 1. The number of piperidine rings is 1. The normalized spacial score (nSPS) is 22.4. The second-order valence-corrected chi connectivity index (χ2v) is 11.3. The molecule has 0 spiro atoms. The molecule has 1 saturated carbocycles. The molecular weight excluding hydrogens is 492 g/mol. The summed E-state index contributed by atoms with van der Waals surface area (Å²) in [5.74, 6) is 0.247. The van der Waals surface area contributed by atoms with Gasteiger partial charge in [-0.3, -0.25) is 4.40 Å². The van der Waals surface area contributed by atoms with Crippen LogP contribution in [0.4, 0.5) is 4.79 Å². The van der Waals surface area contributed by atoms with Crippen molar-refractivity contribution in [1.29, 1.82) is 0 Å². The molecule has 1 amide bonds. The van der Waals surface area contributed by atoms with Crippen LogP contribution in [0.1, 0.15) is 68.4 Å². The predicted molar refractivity (Wildman–Crippen MR) is 141 cm³/mol. The van der Waals surface area contributed by atoms with Crippen molar-refractivity contribution in [2.75, 3.05) is 26.8 Å². The van der Waals surface area contributed by atoms with Crippen LogP contribution in [0.5, 0.6) is 5.88 Å². The average molecular weight is 525 g/mol. The van der Waals surface area contributed by atoms with Crippen molar-refractivity contribution in [2.45, 2.75) is 63.4 Å². The van der Waals surface area contributed by atoms with Gasteiger partial charge in [0, 0.05) is 23.1 Å². The van der Waals surface area contributed by atoms with Crippen molar-refractivity contribution >= 4 is 40.5 Å². The first-order valence-corrected chi connectivity index (χ1v) is 14.0. The molecule has 8 nitrogen and oxygen atoms in total. The number of carbonyl (C=O) groups excluding carboxylic acids is 1. The van der Waals surface area contributed by atoms with Crippen LogP contribution >= 0.6 is 11.8 Å². The van der Waals surface area contributed by atoms with Crippen molar-refractivity contribution in [3.63, 3.8) is 0 Å². The summed E-state index contributed by atoms with van der Waals surface area (Å²) < 4.78 is 19.7. The fourth-order valence-corrected chi connectivity index (χ4v) is 7.32. The van der Waals surface area contributed by atoms with Gasteiger partial charge in [0.25, 0.3) is 0 Å². The number of nitrogens with zero attached hydrogens (tertiary/aromatic N) is 2. The van der Waals surface area contributed by atoms with Gasteiger partial charge in [-0.2, -0.15) is 0 Å². The van der Waals surface area contributed by atoms with Crippen molar-refractivity contribution in [2.24, 2.45) is 0 Å². The zero-order chi connectivity index (χ0) is 25.5. The maximum absolute atomic E-state index is 12.1. The fourth-order valence-electron chi connectivity index (χ4n) is 6.24. The molecule has 2 fully saturated rings. The smallest absolute Gasteiger partial charge is 0.409 e. The molecule has 1 N–H and O–H groups in total. The van der Waals surface area contributed by atoms with Crippen LogP contribution in [0.2, 0.25) is 0 Å². The Balaban J connectivity index is 1.45. The third kappa shape index (κ3) is 4.37. The summed E-state index contributed by atoms with van der Waals surface area (Å²) in [4.78, 5) is 27.1. The molecular formula is C28H32N2O6S. The molecule has 2 aromatic rings. The molecule has 37 heavy (non-hydrogen) atoms. The fraction of sp³-hybridized carbons (Fsp3) is 0.500. The van der Waals surface area contributed by atoms with Gasteiger partial charge in [-0.15, -0.1) is 0 Å². The SMILES string of the molecule is COC(=O)N1CCC[C@H](Oc2ccc3c(C4CCCCC4)c4c(n23)=COCC2=C4SC(C(=O)O)=CC2)C1. The second kappa shape index (κ2) is 10.0. The number of carbonyl (C=O) groups is 2. The second-order valence-electron chi connectivity index (χ2n) is 10.2. The van der Waals surface area contributed by atoms with Crippen molar-refractivity contribution in [1.82, 2.24) is 9.30 Å². The number of rotatable bonds is 4. The number of allylic oxidation sites excluding steroid dienone is 1. The number of hydrogen-bond acceptors (Lipinski definition) is 6. The molecule has 2 aromatic heterocycles. The molecule has 0 unspecified atom stereocenters. The van der Waals surface area contributed by atoms with E-state index in [-0.39, 0.29) is 12.2 Å². The Bertz CT molecular complexity index is 1350. The van der Waals surface area contributed by atoms with E-state index in [2.05, 4.69) is 10.5 Å². The van der Waals surface area contributed by atoms with E-state index in [1.165, 1.54) is 43.7 Å². The standard InChI is InChI=1S/C28H32N2O6S/c1-34-28(33)29-13-5-8-19(14-29)36-23-12-10-20-24(17-6-3-2-4-7-17)25-21(30(20)23)16-35-15-18-9-11-22(27(31)32)37-26(18)25/h10-12,16-17,19H,2-9,13-15H2,1H3,(H,31,32)/t19-/m0/s1. The average Bonchev–Trinajstić information content (AvgIpc) is 3.41. The van der Waals surface area contributed by atoms with Gasteiger partial charge in [0.1, 0.15) is 19.0 Å². The molecule has 1 saturated heterocycles. The van der Waals surface area contributed by atoms with Gasteiger partial charge in [0.2, 0.25) is 0 Å². The van der Waals surface area contributed by atoms with E-state index in [0.717, 1.165) is 58.5 Å². The van der Waals surface area contributed by atoms with Crippen LogP contribution in [0.25, 0.3) is 16.7 Å². The highest BCUT2D eigenvalue weighted by Crippen LogP contribution is 2.47. The maximum atomic E-state index is 12.1. The number of likely N-dealkylation sites (tertiary alicyclic amines) is 1. The quantitative estimate of drug-likeness (QED) is 0.609. The molecule has 3 aliphatic heterocycles. The summed E-state index contributed by atoms with van der Waals surface area (Å²) in [6.45, 7) is 1.60. The number of methoxy groups -OCH3 is 1. The lowest BCUT2D eigenvalue weighted by Gasteiger charge is -2.31. The van der Waals surface area contributed by atoms with E-state index in [1.54, 1.807) is 11.0 Å². The molecule has 0 aromatic carbocycles. The van der Waals surface area contributed by atoms with Crippen LogP contribution in [0.15, 0.2) is 28.7 Å². The van der Waals surface area contributed by atoms with Crippen LogP contribution in [-0.2, 0) is 14.3 Å². The molecule has 0 bridgehead atoms. The van der Waals surface area contributed by atoms with E-state index in [0.29, 0.717) is 36.9 Å². The molecule has 6 rings (SSSR count). The lowest BCUT2D eigenvalue weighted by molar-refractivity contribution is -0.131. The van der Waals surface area contributed by atoms with Crippen molar-refractivity contribution in [3.8, 4) is 5.88 Å². The Labute approximate surface area is 219 Å². The first-order chi connectivity index (χ1) is 18.0. The highest BCUT2D eigenvalue weighted by Gasteiger charge is 2.33. The van der Waals surface area contributed by atoms with Gasteiger partial charge in [0.15, 0.2) is 5.88 Å². The molecule has 1 aliphatic carbocycles. The topological polar surface area (TPSA) is 89.7 Å². The van der Waals surface area contributed by atoms with Crippen LogP contribution in [0, 0.1) is 0 Å². The van der Waals surface area contributed by atoms with E-state index < -0.39 is 5.97 Å². The Kier molecular flexibility index (Phi) is 6.56. The van der Waals surface area contributed by atoms with Crippen molar-refractivity contribution < 1.29 is 28.9 Å². The third-order valence-corrected chi connectivity index (χ3v) is 9.21. The predicted octanol–water partition coefficient (Wildman–Crippen LogP) is 4.90. The minimum atomic E-state index is -0.888. The van der Waals surface area contributed by atoms with Gasteiger partial charge in [-0.05, 0) is 55.2 Å². The largest absolute Gasteiger partial charge is 0.495 e. The van der Waals surface area contributed by atoms with Crippen molar-refractivity contribution in [3.05, 3.63) is 45.2 Å². The highest BCUT2D eigenvalue weighted by atomic mass is 32.2. The zero-order valence-corrected chi connectivity index (χ0v) is 21.8. The summed E-state index contributed by atoms with van der Waals surface area (Å²) >= 11 is 1.35. The monoisotopic (exact) mass is 524 g/mol. The number of thioether (sulfide) groups is 1. The number of carboxylic acid groups (broad SMARTS) is 1. The minimum absolute atomic E-state index is 0.137. The van der Waals surface area contributed by atoms with Crippen LogP contribution < -0.4 is 10.1 Å². The summed E-state index contributed by atoms with van der Waals surface area (Å²) in [7, 11) is 1.41. The molecule has 196 valence electrons. The number of aromatic nitrogens is 1. The molecule has 4 aliphatic rings. The van der Waals surface area contributed by atoms with E-state index in [9.17, 15) is 14.7 Å². The van der Waals surface area contributed by atoms with E-state index in [4.69, 9.17) is 14.2 Å². The number of hydrogen-bond donors (Lipinski definition) is 1. The number of amides is 1. The Morgan fingerprint density at radius 3 is 2.76 bits per heavy atom. The van der Waals surface area contributed by atoms with Gasteiger partial charge < -0.3 is 24.2 Å². The van der Waals surface area contributed by atoms with Gasteiger partial charge in [0.05, 0.1) is 29.4 Å². The van der Waals surface area contributed by atoms with E-state index >= 15 is 0 Å².